The van der Waals surface area contributed by atoms with Crippen LogP contribution in [0.25, 0.3) is 0 Å². The molecule has 0 spiro atoms. The Morgan fingerprint density at radius 2 is 2.12 bits per heavy atom. The Kier molecular flexibility index (Phi) is 4.98. The van der Waals surface area contributed by atoms with E-state index in [-0.39, 0.29) is 12.5 Å². The van der Waals surface area contributed by atoms with E-state index in [2.05, 4.69) is 0 Å². The highest BCUT2D eigenvalue weighted by Crippen LogP contribution is 2.19. The summed E-state index contributed by atoms with van der Waals surface area (Å²) in [6.07, 6.45) is 2.47. The first kappa shape index (κ1) is 12.6. The van der Waals surface area contributed by atoms with Crippen molar-refractivity contribution < 1.29 is 14.6 Å². The minimum atomic E-state index is 0.196. The third-order valence-electron chi connectivity index (χ3n) is 3.02. The second kappa shape index (κ2) is 6.74. The van der Waals surface area contributed by atoms with Crippen molar-refractivity contribution >= 4 is 0 Å². The van der Waals surface area contributed by atoms with Gasteiger partial charge in [-0.05, 0) is 18.4 Å². The second-order valence-electron chi connectivity index (χ2n) is 4.58. The van der Waals surface area contributed by atoms with Gasteiger partial charge in [0, 0.05) is 12.5 Å². The molecule has 17 heavy (non-hydrogen) atoms. The monoisotopic (exact) mass is 236 g/mol. The topological polar surface area (TPSA) is 42.0 Å². The van der Waals surface area contributed by atoms with Crippen molar-refractivity contribution in [1.82, 2.24) is 0 Å². The Hall–Kier alpha value is -0.900. The first-order valence-corrected chi connectivity index (χ1v) is 6.22. The molecule has 0 bridgehead atoms. The summed E-state index contributed by atoms with van der Waals surface area (Å²) >= 11 is 0. The molecule has 0 saturated carbocycles. The minimum absolute atomic E-state index is 0.196. The molecule has 3 heteroatoms. The van der Waals surface area contributed by atoms with E-state index < -0.39 is 0 Å². The smallest absolute Gasteiger partial charge is 0.0810 e. The molecule has 1 aromatic rings. The molecular formula is C14H20O3. The van der Waals surface area contributed by atoms with Gasteiger partial charge in [0.1, 0.15) is 0 Å². The van der Waals surface area contributed by atoms with Crippen molar-refractivity contribution in [3.8, 4) is 0 Å². The Balaban J connectivity index is 1.61. The van der Waals surface area contributed by atoms with Crippen LogP contribution in [0, 0.1) is 5.92 Å². The molecule has 94 valence electrons. The number of benzene rings is 1. The van der Waals surface area contributed by atoms with E-state index in [1.54, 1.807) is 0 Å². The lowest BCUT2D eigenvalue weighted by Gasteiger charge is -2.13. The maximum Gasteiger partial charge on any atom is 0.0810 e. The van der Waals surface area contributed by atoms with Gasteiger partial charge in [0.15, 0.2) is 0 Å². The molecule has 1 N–H and O–H groups in total. The first-order valence-electron chi connectivity index (χ1n) is 6.22. The number of rotatable bonds is 8. The van der Waals surface area contributed by atoms with Gasteiger partial charge in [-0.15, -0.1) is 0 Å². The predicted octanol–water partition coefficient (Wildman–Crippen LogP) is 1.99. The maximum atomic E-state index is 9.24. The van der Waals surface area contributed by atoms with Crippen molar-refractivity contribution in [3.63, 3.8) is 0 Å². The molecule has 2 atom stereocenters. The van der Waals surface area contributed by atoms with E-state index in [0.29, 0.717) is 19.3 Å². The fourth-order valence-corrected chi connectivity index (χ4v) is 1.80. The van der Waals surface area contributed by atoms with E-state index in [1.807, 2.05) is 30.3 Å². The zero-order valence-electron chi connectivity index (χ0n) is 10.0. The first-order chi connectivity index (χ1) is 8.38. The molecule has 0 radical (unpaired) electrons. The molecule has 1 aromatic carbocycles. The number of hydrogen-bond acceptors (Lipinski definition) is 3. The number of aliphatic hydroxyl groups is 1. The van der Waals surface area contributed by atoms with Crippen LogP contribution in [-0.4, -0.2) is 31.0 Å². The van der Waals surface area contributed by atoms with Gasteiger partial charge in [-0.3, -0.25) is 0 Å². The lowest BCUT2D eigenvalue weighted by Crippen LogP contribution is -2.14. The van der Waals surface area contributed by atoms with Gasteiger partial charge >= 0.3 is 0 Å². The maximum absolute atomic E-state index is 9.24. The van der Waals surface area contributed by atoms with Crippen molar-refractivity contribution in [2.24, 2.45) is 5.92 Å². The zero-order valence-corrected chi connectivity index (χ0v) is 10.0. The predicted molar refractivity (Wildman–Crippen MR) is 65.6 cm³/mol. The molecule has 1 heterocycles. The van der Waals surface area contributed by atoms with E-state index in [9.17, 15) is 5.11 Å². The van der Waals surface area contributed by atoms with Crippen molar-refractivity contribution in [3.05, 3.63) is 35.9 Å². The van der Waals surface area contributed by atoms with Crippen molar-refractivity contribution in [2.75, 3.05) is 19.8 Å². The summed E-state index contributed by atoms with van der Waals surface area (Å²) in [6.45, 7) is 2.33. The normalized spacial score (nSPS) is 20.2. The average molecular weight is 236 g/mol. The quantitative estimate of drug-likeness (QED) is 0.702. The Labute approximate surface area is 102 Å². The minimum Gasteiger partial charge on any atom is -0.396 e. The summed E-state index contributed by atoms with van der Waals surface area (Å²) < 4.78 is 10.8. The van der Waals surface area contributed by atoms with Crippen molar-refractivity contribution in [1.29, 1.82) is 0 Å². The van der Waals surface area contributed by atoms with E-state index in [0.717, 1.165) is 19.4 Å². The molecule has 0 aliphatic carbocycles. The van der Waals surface area contributed by atoms with Crippen LogP contribution in [0.4, 0.5) is 0 Å². The summed E-state index contributed by atoms with van der Waals surface area (Å²) in [5.41, 5.74) is 1.18. The van der Waals surface area contributed by atoms with Gasteiger partial charge in [0.05, 0.1) is 25.9 Å². The summed E-state index contributed by atoms with van der Waals surface area (Å²) in [6, 6.07) is 10.1. The number of aliphatic hydroxyl groups excluding tert-OH is 1. The van der Waals surface area contributed by atoms with Gasteiger partial charge in [-0.1, -0.05) is 30.3 Å². The van der Waals surface area contributed by atoms with Gasteiger partial charge in [-0.25, -0.2) is 0 Å². The van der Waals surface area contributed by atoms with Crippen LogP contribution in [0.15, 0.2) is 30.3 Å². The van der Waals surface area contributed by atoms with Gasteiger partial charge in [0.25, 0.3) is 0 Å². The van der Waals surface area contributed by atoms with E-state index >= 15 is 0 Å². The van der Waals surface area contributed by atoms with Crippen LogP contribution in [0.1, 0.15) is 18.4 Å². The fraction of sp³-hybridized carbons (Fsp3) is 0.571. The Morgan fingerprint density at radius 1 is 1.35 bits per heavy atom. The summed E-state index contributed by atoms with van der Waals surface area (Å²) in [7, 11) is 0. The van der Waals surface area contributed by atoms with Crippen LogP contribution >= 0.6 is 0 Å². The largest absolute Gasteiger partial charge is 0.396 e. The number of epoxide rings is 1. The zero-order chi connectivity index (χ0) is 11.9. The lowest BCUT2D eigenvalue weighted by molar-refractivity contribution is 0.0580. The lowest BCUT2D eigenvalue weighted by atomic mass is 10.0. The average Bonchev–Trinajstić information content (AvgIpc) is 3.19. The third-order valence-corrected chi connectivity index (χ3v) is 3.02. The highest BCUT2D eigenvalue weighted by molar-refractivity contribution is 5.13. The van der Waals surface area contributed by atoms with Crippen LogP contribution in [0.2, 0.25) is 0 Å². The molecule has 3 nitrogen and oxygen atoms in total. The second-order valence-corrected chi connectivity index (χ2v) is 4.58. The highest BCUT2D eigenvalue weighted by atomic mass is 16.6. The molecule has 1 aliphatic heterocycles. The summed E-state index contributed by atoms with van der Waals surface area (Å²) in [5, 5.41) is 9.24. The molecular weight excluding hydrogens is 216 g/mol. The van der Waals surface area contributed by atoms with Crippen LogP contribution < -0.4 is 0 Å². The molecule has 1 aliphatic rings. The Bertz CT molecular complexity index is 309. The van der Waals surface area contributed by atoms with Gasteiger partial charge < -0.3 is 14.6 Å². The molecule has 1 saturated heterocycles. The van der Waals surface area contributed by atoms with Crippen LogP contribution in [-0.2, 0) is 16.1 Å². The SMILES string of the molecule is OC[C@@H](CC[C@@H]1CO1)COCc1ccccc1. The number of hydrogen-bond donors (Lipinski definition) is 1. The molecule has 0 unspecified atom stereocenters. The standard InChI is InChI=1S/C14H20O3/c15-8-13(6-7-14-11-17-14)10-16-9-12-4-2-1-3-5-12/h1-5,13-15H,6-11H2/t13-,14-/m1/s1. The van der Waals surface area contributed by atoms with Crippen LogP contribution in [0.3, 0.4) is 0 Å². The van der Waals surface area contributed by atoms with Gasteiger partial charge in [-0.2, -0.15) is 0 Å². The van der Waals surface area contributed by atoms with E-state index in [4.69, 9.17) is 9.47 Å². The molecule has 0 aromatic heterocycles. The summed E-state index contributed by atoms with van der Waals surface area (Å²) in [4.78, 5) is 0. The third kappa shape index (κ3) is 4.86. The van der Waals surface area contributed by atoms with E-state index in [1.165, 1.54) is 5.56 Å². The molecule has 0 amide bonds. The Morgan fingerprint density at radius 3 is 2.76 bits per heavy atom. The molecule has 1 fully saturated rings. The highest BCUT2D eigenvalue weighted by Gasteiger charge is 2.23. The summed E-state index contributed by atoms with van der Waals surface area (Å²) in [5.74, 6) is 0.239. The van der Waals surface area contributed by atoms with Gasteiger partial charge in [0.2, 0.25) is 0 Å². The fourth-order valence-electron chi connectivity index (χ4n) is 1.80. The molecule has 2 rings (SSSR count). The van der Waals surface area contributed by atoms with Crippen molar-refractivity contribution in [2.45, 2.75) is 25.6 Å². The number of ether oxygens (including phenoxy) is 2. The van der Waals surface area contributed by atoms with Crippen LogP contribution in [0.5, 0.6) is 0 Å².